The van der Waals surface area contributed by atoms with Gasteiger partial charge in [-0.3, -0.25) is 4.90 Å². The molecule has 2 fully saturated rings. The molecule has 5 heteroatoms. The van der Waals surface area contributed by atoms with Crippen LogP contribution >= 0.6 is 0 Å². The smallest absolute Gasteiger partial charge is 0.137 e. The number of nitrogen functional groups attached to an aromatic ring is 1. The molecule has 0 aromatic carbocycles. The molecule has 0 radical (unpaired) electrons. The lowest BCUT2D eigenvalue weighted by Crippen LogP contribution is -2.37. The van der Waals surface area contributed by atoms with Crippen molar-refractivity contribution >= 4 is 11.6 Å². The Morgan fingerprint density at radius 3 is 2.81 bits per heavy atom. The molecule has 3 heterocycles. The summed E-state index contributed by atoms with van der Waals surface area (Å²) < 4.78 is 0. The highest BCUT2D eigenvalue weighted by atomic mass is 15.3. The van der Waals surface area contributed by atoms with Crippen LogP contribution in [0.25, 0.3) is 0 Å². The lowest BCUT2D eigenvalue weighted by Gasteiger charge is -2.28. The first-order chi connectivity index (χ1) is 10.2. The van der Waals surface area contributed by atoms with E-state index in [9.17, 15) is 0 Å². The van der Waals surface area contributed by atoms with Gasteiger partial charge in [0.25, 0.3) is 0 Å². The Balaban J connectivity index is 1.87. The first-order valence-electron chi connectivity index (χ1n) is 8.31. The highest BCUT2D eigenvalue weighted by molar-refractivity contribution is 5.56. The molecule has 0 aliphatic carbocycles. The first kappa shape index (κ1) is 14.6. The molecule has 0 amide bonds. The molecule has 2 aliphatic rings. The van der Waals surface area contributed by atoms with Gasteiger partial charge in [-0.15, -0.1) is 0 Å². The Morgan fingerprint density at radius 1 is 1.19 bits per heavy atom. The zero-order valence-corrected chi connectivity index (χ0v) is 13.3. The second kappa shape index (κ2) is 6.18. The highest BCUT2D eigenvalue weighted by Gasteiger charge is 2.30. The van der Waals surface area contributed by atoms with E-state index in [1.165, 1.54) is 32.4 Å². The maximum absolute atomic E-state index is 6.12. The van der Waals surface area contributed by atoms with Crippen LogP contribution < -0.4 is 10.6 Å². The monoisotopic (exact) mass is 289 g/mol. The molecule has 1 unspecified atom stereocenters. The number of aryl methyl sites for hydroxylation is 1. The van der Waals surface area contributed by atoms with Gasteiger partial charge in [-0.25, -0.2) is 9.97 Å². The fourth-order valence-corrected chi connectivity index (χ4v) is 3.61. The molecular formula is C16H27N5. The Labute approximate surface area is 127 Å². The standard InChI is InChI=1S/C16H27N5/c1-3-6-14-18-15(17)12(2)16(19-14)21-10-5-9-20-8-4-7-13(20)11-21/h13H,3-11H2,1-2H3,(H2,17,18,19). The van der Waals surface area contributed by atoms with Crippen LogP contribution in [0.1, 0.15) is 44.0 Å². The van der Waals surface area contributed by atoms with E-state index in [1.54, 1.807) is 0 Å². The minimum atomic E-state index is 0.649. The van der Waals surface area contributed by atoms with E-state index in [0.29, 0.717) is 11.9 Å². The molecule has 1 aromatic rings. The third-order valence-electron chi connectivity index (χ3n) is 4.78. The van der Waals surface area contributed by atoms with Crippen LogP contribution in [0.4, 0.5) is 11.6 Å². The van der Waals surface area contributed by atoms with Crippen LogP contribution in [-0.4, -0.2) is 47.1 Å². The predicted molar refractivity (Wildman–Crippen MR) is 86.6 cm³/mol. The first-order valence-corrected chi connectivity index (χ1v) is 8.31. The summed E-state index contributed by atoms with van der Waals surface area (Å²) in [4.78, 5) is 14.3. The maximum atomic E-state index is 6.12. The van der Waals surface area contributed by atoms with Gasteiger partial charge >= 0.3 is 0 Å². The Bertz CT molecular complexity index is 502. The number of hydrogen-bond acceptors (Lipinski definition) is 5. The molecule has 0 spiro atoms. The van der Waals surface area contributed by atoms with Crippen molar-refractivity contribution in [2.45, 2.75) is 52.0 Å². The average molecular weight is 289 g/mol. The summed E-state index contributed by atoms with van der Waals surface area (Å²) in [6.07, 6.45) is 5.82. The van der Waals surface area contributed by atoms with Crippen molar-refractivity contribution in [3.05, 3.63) is 11.4 Å². The lowest BCUT2D eigenvalue weighted by atomic mass is 10.2. The largest absolute Gasteiger partial charge is 0.383 e. The van der Waals surface area contributed by atoms with Crippen LogP contribution in [-0.2, 0) is 6.42 Å². The Kier molecular flexibility index (Phi) is 4.29. The van der Waals surface area contributed by atoms with E-state index in [0.717, 1.165) is 43.1 Å². The van der Waals surface area contributed by atoms with Gasteiger partial charge in [0.05, 0.1) is 0 Å². The SMILES string of the molecule is CCCc1nc(N)c(C)c(N2CCCN3CCCC3C2)n1. The van der Waals surface area contributed by atoms with E-state index in [2.05, 4.69) is 28.6 Å². The average Bonchev–Trinajstić information content (AvgIpc) is 2.80. The summed E-state index contributed by atoms with van der Waals surface area (Å²) in [7, 11) is 0. The van der Waals surface area contributed by atoms with E-state index >= 15 is 0 Å². The number of hydrogen-bond donors (Lipinski definition) is 1. The molecular weight excluding hydrogens is 262 g/mol. The fourth-order valence-electron chi connectivity index (χ4n) is 3.61. The number of nitrogens with zero attached hydrogens (tertiary/aromatic N) is 4. The molecule has 0 saturated carbocycles. The number of fused-ring (bicyclic) bond motifs is 1. The molecule has 1 atom stereocenters. The summed E-state index contributed by atoms with van der Waals surface area (Å²) in [5, 5.41) is 0. The van der Waals surface area contributed by atoms with Crippen molar-refractivity contribution in [1.29, 1.82) is 0 Å². The molecule has 1 aromatic heterocycles. The van der Waals surface area contributed by atoms with Gasteiger partial charge in [0.1, 0.15) is 17.5 Å². The summed E-state index contributed by atoms with van der Waals surface area (Å²) in [6, 6.07) is 0.692. The van der Waals surface area contributed by atoms with E-state index in [4.69, 9.17) is 10.7 Å². The molecule has 2 saturated heterocycles. The topological polar surface area (TPSA) is 58.3 Å². The van der Waals surface area contributed by atoms with Gasteiger partial charge in [0, 0.05) is 37.7 Å². The summed E-state index contributed by atoms with van der Waals surface area (Å²) in [5.74, 6) is 2.61. The second-order valence-electron chi connectivity index (χ2n) is 6.36. The highest BCUT2D eigenvalue weighted by Crippen LogP contribution is 2.27. The van der Waals surface area contributed by atoms with Gasteiger partial charge in [0.2, 0.25) is 0 Å². The van der Waals surface area contributed by atoms with Crippen molar-refractivity contribution in [1.82, 2.24) is 14.9 Å². The second-order valence-corrected chi connectivity index (χ2v) is 6.36. The number of rotatable bonds is 3. The predicted octanol–water partition coefficient (Wildman–Crippen LogP) is 1.99. The third kappa shape index (κ3) is 2.98. The van der Waals surface area contributed by atoms with Crippen molar-refractivity contribution in [3.63, 3.8) is 0 Å². The van der Waals surface area contributed by atoms with E-state index in [1.807, 2.05) is 0 Å². The number of anilines is 2. The Hall–Kier alpha value is -1.36. The Morgan fingerprint density at radius 2 is 2.00 bits per heavy atom. The summed E-state index contributed by atoms with van der Waals surface area (Å²) in [5.41, 5.74) is 7.16. The van der Waals surface area contributed by atoms with Gasteiger partial charge in [0.15, 0.2) is 0 Å². The maximum Gasteiger partial charge on any atom is 0.137 e. The summed E-state index contributed by atoms with van der Waals surface area (Å²) in [6.45, 7) is 8.87. The van der Waals surface area contributed by atoms with Gasteiger partial charge in [-0.2, -0.15) is 0 Å². The quantitative estimate of drug-likeness (QED) is 0.922. The zero-order valence-electron chi connectivity index (χ0n) is 13.3. The van der Waals surface area contributed by atoms with Gasteiger partial charge in [-0.05, 0) is 39.2 Å². The van der Waals surface area contributed by atoms with Gasteiger partial charge in [-0.1, -0.05) is 6.92 Å². The van der Waals surface area contributed by atoms with Crippen molar-refractivity contribution in [3.8, 4) is 0 Å². The molecule has 116 valence electrons. The molecule has 21 heavy (non-hydrogen) atoms. The third-order valence-corrected chi connectivity index (χ3v) is 4.78. The number of aromatic nitrogens is 2. The van der Waals surface area contributed by atoms with Crippen LogP contribution in [0.3, 0.4) is 0 Å². The van der Waals surface area contributed by atoms with E-state index in [-0.39, 0.29) is 0 Å². The van der Waals surface area contributed by atoms with Gasteiger partial charge < -0.3 is 10.6 Å². The normalized spacial score (nSPS) is 23.1. The van der Waals surface area contributed by atoms with E-state index < -0.39 is 0 Å². The van der Waals surface area contributed by atoms with Crippen LogP contribution in [0, 0.1) is 6.92 Å². The lowest BCUT2D eigenvalue weighted by molar-refractivity contribution is 0.273. The van der Waals surface area contributed by atoms with Crippen LogP contribution in [0.2, 0.25) is 0 Å². The molecule has 5 nitrogen and oxygen atoms in total. The van der Waals surface area contributed by atoms with Crippen LogP contribution in [0.5, 0.6) is 0 Å². The molecule has 2 aliphatic heterocycles. The molecule has 2 N–H and O–H groups in total. The fraction of sp³-hybridized carbons (Fsp3) is 0.750. The zero-order chi connectivity index (χ0) is 14.8. The minimum absolute atomic E-state index is 0.649. The number of nitrogens with two attached hydrogens (primary N) is 1. The molecule has 3 rings (SSSR count). The van der Waals surface area contributed by atoms with Crippen molar-refractivity contribution < 1.29 is 0 Å². The summed E-state index contributed by atoms with van der Waals surface area (Å²) >= 11 is 0. The van der Waals surface area contributed by atoms with Crippen LogP contribution in [0.15, 0.2) is 0 Å². The minimum Gasteiger partial charge on any atom is -0.383 e. The van der Waals surface area contributed by atoms with Crippen molar-refractivity contribution in [2.75, 3.05) is 36.8 Å². The van der Waals surface area contributed by atoms with Crippen molar-refractivity contribution in [2.24, 2.45) is 0 Å². The molecule has 0 bridgehead atoms.